The second-order valence-corrected chi connectivity index (χ2v) is 6.20. The maximum atomic E-state index is 2.39. The molecule has 0 fully saturated rings. The van der Waals surface area contributed by atoms with Gasteiger partial charge in [-0.2, -0.15) is 0 Å². The van der Waals surface area contributed by atoms with E-state index >= 15 is 0 Å². The summed E-state index contributed by atoms with van der Waals surface area (Å²) < 4.78 is 0. The summed E-state index contributed by atoms with van der Waals surface area (Å²) in [6, 6.07) is 8.98. The summed E-state index contributed by atoms with van der Waals surface area (Å²) in [5.41, 5.74) is 3.62. The van der Waals surface area contributed by atoms with Gasteiger partial charge in [-0.1, -0.05) is 38.1 Å². The molecule has 102 valence electrons. The molecule has 18 heavy (non-hydrogen) atoms. The molecule has 1 atom stereocenters. The fourth-order valence-electron chi connectivity index (χ4n) is 3.27. The Kier molecular flexibility index (Phi) is 5.24. The van der Waals surface area contributed by atoms with Crippen molar-refractivity contribution in [3.05, 3.63) is 35.4 Å². The average Bonchev–Trinajstić information content (AvgIpc) is 2.27. The summed E-state index contributed by atoms with van der Waals surface area (Å²) in [5, 5.41) is 0. The van der Waals surface area contributed by atoms with Gasteiger partial charge in [0.2, 0.25) is 0 Å². The van der Waals surface area contributed by atoms with Crippen LogP contribution in [0.1, 0.15) is 31.4 Å². The largest absolute Gasteiger partial charge is 0.309 e. The highest BCUT2D eigenvalue weighted by Crippen LogP contribution is 2.41. The second kappa shape index (κ2) is 6.08. The third-order valence-corrected chi connectivity index (χ3v) is 4.41. The zero-order chi connectivity index (χ0) is 12.5. The molecular weight excluding hydrogens is 242 g/mol. The molecule has 0 radical (unpaired) electrons. The summed E-state index contributed by atoms with van der Waals surface area (Å²) in [7, 11) is 4.40. The number of benzene rings is 1. The molecule has 2 rings (SSSR count). The van der Waals surface area contributed by atoms with Crippen LogP contribution in [0.4, 0.5) is 0 Å². The molecule has 1 nitrogen and oxygen atoms in total. The number of rotatable bonds is 3. The Hall–Kier alpha value is -0.530. The van der Waals surface area contributed by atoms with Crippen molar-refractivity contribution in [3.63, 3.8) is 0 Å². The van der Waals surface area contributed by atoms with Crippen molar-refractivity contribution in [2.24, 2.45) is 11.3 Å². The summed E-state index contributed by atoms with van der Waals surface area (Å²) in [5.74, 6) is 0.748. The van der Waals surface area contributed by atoms with Crippen molar-refractivity contribution in [2.75, 3.05) is 20.6 Å². The number of aryl methyl sites for hydroxylation is 1. The highest BCUT2D eigenvalue weighted by molar-refractivity contribution is 5.85. The topological polar surface area (TPSA) is 3.24 Å². The van der Waals surface area contributed by atoms with Crippen LogP contribution in [0.2, 0.25) is 0 Å². The third-order valence-electron chi connectivity index (χ3n) is 4.41. The molecule has 1 unspecified atom stereocenters. The van der Waals surface area contributed by atoms with E-state index in [9.17, 15) is 0 Å². The molecule has 0 aliphatic heterocycles. The molecular formula is C16H26ClN. The van der Waals surface area contributed by atoms with Gasteiger partial charge in [-0.15, -0.1) is 12.4 Å². The minimum absolute atomic E-state index is 0. The van der Waals surface area contributed by atoms with E-state index in [4.69, 9.17) is 0 Å². The Labute approximate surface area is 118 Å². The predicted octanol–water partition coefficient (Wildman–Crippen LogP) is 3.80. The standard InChI is InChI=1S/C16H25N.ClH/c1-13(2)16(12-17(3)4)10-9-14-7-5-6-8-15(14)11-16;/h5-8,13H,9-12H2,1-4H3;1H. The average molecular weight is 268 g/mol. The monoisotopic (exact) mass is 267 g/mol. The van der Waals surface area contributed by atoms with E-state index in [1.165, 1.54) is 25.8 Å². The van der Waals surface area contributed by atoms with E-state index in [1.807, 2.05) is 0 Å². The highest BCUT2D eigenvalue weighted by atomic mass is 35.5. The van der Waals surface area contributed by atoms with E-state index in [2.05, 4.69) is 57.1 Å². The van der Waals surface area contributed by atoms with Crippen LogP contribution < -0.4 is 0 Å². The van der Waals surface area contributed by atoms with Gasteiger partial charge >= 0.3 is 0 Å². The third kappa shape index (κ3) is 3.07. The summed E-state index contributed by atoms with van der Waals surface area (Å²) in [4.78, 5) is 2.36. The van der Waals surface area contributed by atoms with Crippen LogP contribution in [-0.4, -0.2) is 25.5 Å². The van der Waals surface area contributed by atoms with Crippen LogP contribution in [0, 0.1) is 11.3 Å². The first-order chi connectivity index (χ1) is 8.03. The van der Waals surface area contributed by atoms with E-state index in [0.29, 0.717) is 5.41 Å². The van der Waals surface area contributed by atoms with Gasteiger partial charge < -0.3 is 4.90 Å². The van der Waals surface area contributed by atoms with Gasteiger partial charge in [-0.25, -0.2) is 0 Å². The van der Waals surface area contributed by atoms with Gasteiger partial charge in [0, 0.05) is 6.54 Å². The van der Waals surface area contributed by atoms with Crippen molar-refractivity contribution < 1.29 is 0 Å². The lowest BCUT2D eigenvalue weighted by Crippen LogP contribution is -2.42. The molecule has 1 aromatic carbocycles. The minimum Gasteiger partial charge on any atom is -0.309 e. The van der Waals surface area contributed by atoms with Crippen LogP contribution in [0.5, 0.6) is 0 Å². The molecule has 1 aliphatic carbocycles. The van der Waals surface area contributed by atoms with E-state index in [0.717, 1.165) is 5.92 Å². The molecule has 0 saturated carbocycles. The minimum atomic E-state index is 0. The first-order valence-corrected chi connectivity index (χ1v) is 6.75. The number of halogens is 1. The summed E-state index contributed by atoms with van der Waals surface area (Å²) in [6.07, 6.45) is 3.83. The Bertz CT molecular complexity index is 386. The number of hydrogen-bond donors (Lipinski definition) is 0. The number of hydrogen-bond acceptors (Lipinski definition) is 1. The van der Waals surface area contributed by atoms with Crippen LogP contribution in [0.25, 0.3) is 0 Å². The van der Waals surface area contributed by atoms with Crippen molar-refractivity contribution in [3.8, 4) is 0 Å². The molecule has 0 saturated heterocycles. The van der Waals surface area contributed by atoms with Crippen molar-refractivity contribution >= 4 is 12.4 Å². The van der Waals surface area contributed by atoms with Crippen molar-refractivity contribution in [1.29, 1.82) is 0 Å². The molecule has 0 bridgehead atoms. The molecule has 0 spiro atoms. The van der Waals surface area contributed by atoms with Crippen LogP contribution in [-0.2, 0) is 12.8 Å². The van der Waals surface area contributed by atoms with Gasteiger partial charge in [0.15, 0.2) is 0 Å². The molecule has 0 N–H and O–H groups in total. The van der Waals surface area contributed by atoms with Gasteiger partial charge in [-0.05, 0) is 55.8 Å². The smallest absolute Gasteiger partial charge is 0.00376 e. The lowest BCUT2D eigenvalue weighted by molar-refractivity contribution is 0.109. The summed E-state index contributed by atoms with van der Waals surface area (Å²) >= 11 is 0. The molecule has 1 aliphatic rings. The quantitative estimate of drug-likeness (QED) is 0.805. The molecule has 0 heterocycles. The molecule has 1 aromatic rings. The lowest BCUT2D eigenvalue weighted by atomic mass is 9.65. The van der Waals surface area contributed by atoms with E-state index in [-0.39, 0.29) is 12.4 Å². The van der Waals surface area contributed by atoms with Gasteiger partial charge in [-0.3, -0.25) is 0 Å². The second-order valence-electron chi connectivity index (χ2n) is 6.20. The zero-order valence-electron chi connectivity index (χ0n) is 12.1. The highest BCUT2D eigenvalue weighted by Gasteiger charge is 2.37. The molecule has 0 amide bonds. The molecule has 0 aromatic heterocycles. The first kappa shape index (κ1) is 15.5. The summed E-state index contributed by atoms with van der Waals surface area (Å²) in [6.45, 7) is 5.98. The Morgan fingerprint density at radius 1 is 1.17 bits per heavy atom. The van der Waals surface area contributed by atoms with Gasteiger partial charge in [0.05, 0.1) is 0 Å². The SMILES string of the molecule is CC(C)C1(CN(C)C)CCc2ccccc2C1.Cl. The number of nitrogens with zero attached hydrogens (tertiary/aromatic N) is 1. The zero-order valence-corrected chi connectivity index (χ0v) is 12.9. The van der Waals surface area contributed by atoms with Gasteiger partial charge in [0.1, 0.15) is 0 Å². The van der Waals surface area contributed by atoms with E-state index in [1.54, 1.807) is 11.1 Å². The first-order valence-electron chi connectivity index (χ1n) is 6.75. The normalized spacial score (nSPS) is 22.8. The fraction of sp³-hybridized carbons (Fsp3) is 0.625. The van der Waals surface area contributed by atoms with Crippen LogP contribution >= 0.6 is 12.4 Å². The Balaban J connectivity index is 0.00000162. The Morgan fingerprint density at radius 2 is 1.78 bits per heavy atom. The van der Waals surface area contributed by atoms with Crippen LogP contribution in [0.15, 0.2) is 24.3 Å². The maximum Gasteiger partial charge on any atom is 0.00376 e. The molecule has 2 heteroatoms. The predicted molar refractivity (Wildman–Crippen MR) is 81.5 cm³/mol. The van der Waals surface area contributed by atoms with Gasteiger partial charge in [0.25, 0.3) is 0 Å². The Morgan fingerprint density at radius 3 is 2.33 bits per heavy atom. The fourth-order valence-corrected chi connectivity index (χ4v) is 3.27. The van der Waals surface area contributed by atoms with E-state index < -0.39 is 0 Å². The lowest BCUT2D eigenvalue weighted by Gasteiger charge is -2.43. The number of fused-ring (bicyclic) bond motifs is 1. The maximum absolute atomic E-state index is 2.39. The van der Waals surface area contributed by atoms with Crippen molar-refractivity contribution in [2.45, 2.75) is 33.1 Å². The van der Waals surface area contributed by atoms with Crippen molar-refractivity contribution in [1.82, 2.24) is 4.90 Å². The van der Waals surface area contributed by atoms with Crippen LogP contribution in [0.3, 0.4) is 0 Å².